The highest BCUT2D eigenvalue weighted by atomic mass is 16.5. The molecular formula is C11H14N6O2. The predicted octanol–water partition coefficient (Wildman–Crippen LogP) is -0.380. The van der Waals surface area contributed by atoms with E-state index in [9.17, 15) is 5.11 Å². The number of hydrogen-bond donors (Lipinski definition) is 2. The molecule has 3 rings (SSSR count). The quantitative estimate of drug-likeness (QED) is 0.777. The van der Waals surface area contributed by atoms with Crippen molar-refractivity contribution >= 4 is 5.95 Å². The van der Waals surface area contributed by atoms with Gasteiger partial charge in [0.05, 0.1) is 26.4 Å². The highest BCUT2D eigenvalue weighted by molar-refractivity contribution is 5.41. The number of aryl methyl sites for hydroxylation is 1. The number of hydrogen-bond acceptors (Lipinski definition) is 7. The largest absolute Gasteiger partial charge is 0.481 e. The van der Waals surface area contributed by atoms with Crippen LogP contribution in [0.5, 0.6) is 5.88 Å². The van der Waals surface area contributed by atoms with Crippen LogP contribution < -0.4 is 9.64 Å². The van der Waals surface area contributed by atoms with E-state index in [1.54, 1.807) is 13.2 Å². The van der Waals surface area contributed by atoms with E-state index in [2.05, 4.69) is 25.4 Å². The van der Waals surface area contributed by atoms with Gasteiger partial charge in [0.15, 0.2) is 0 Å². The van der Waals surface area contributed by atoms with Gasteiger partial charge in [0.25, 0.3) is 0 Å². The average Bonchev–Trinajstić information content (AvgIpc) is 2.88. The summed E-state index contributed by atoms with van der Waals surface area (Å²) in [5.41, 5.74) is 0.356. The maximum absolute atomic E-state index is 10.3. The molecule has 0 unspecified atom stereocenters. The van der Waals surface area contributed by atoms with Gasteiger partial charge < -0.3 is 14.7 Å². The summed E-state index contributed by atoms with van der Waals surface area (Å²) in [6.07, 6.45) is 1.52. The monoisotopic (exact) mass is 262 g/mol. The number of ether oxygens (including phenoxy) is 1. The van der Waals surface area contributed by atoms with Gasteiger partial charge in [-0.15, -0.1) is 0 Å². The molecule has 0 bridgehead atoms. The summed E-state index contributed by atoms with van der Waals surface area (Å²) in [6, 6.07) is 1.76. The van der Waals surface area contributed by atoms with Crippen LogP contribution in [0, 0.1) is 6.92 Å². The van der Waals surface area contributed by atoms with Crippen molar-refractivity contribution in [3.05, 3.63) is 23.7 Å². The molecule has 2 N–H and O–H groups in total. The van der Waals surface area contributed by atoms with E-state index in [4.69, 9.17) is 4.74 Å². The number of H-pyrrole nitrogens is 1. The van der Waals surface area contributed by atoms with Crippen molar-refractivity contribution in [1.82, 2.24) is 25.4 Å². The van der Waals surface area contributed by atoms with Crippen molar-refractivity contribution in [3.8, 4) is 5.88 Å². The van der Waals surface area contributed by atoms with Crippen molar-refractivity contribution in [2.24, 2.45) is 0 Å². The second-order valence-corrected chi connectivity index (χ2v) is 4.59. The lowest BCUT2D eigenvalue weighted by Crippen LogP contribution is -2.60. The lowest BCUT2D eigenvalue weighted by molar-refractivity contribution is 0.00226. The number of rotatable bonds is 3. The van der Waals surface area contributed by atoms with E-state index in [0.29, 0.717) is 30.6 Å². The first-order valence-corrected chi connectivity index (χ1v) is 5.84. The Morgan fingerprint density at radius 1 is 1.42 bits per heavy atom. The van der Waals surface area contributed by atoms with E-state index < -0.39 is 5.60 Å². The van der Waals surface area contributed by atoms with E-state index in [0.717, 1.165) is 5.69 Å². The van der Waals surface area contributed by atoms with E-state index in [1.165, 1.54) is 6.20 Å². The molecule has 8 heteroatoms. The first kappa shape index (κ1) is 11.8. The molecule has 1 aliphatic heterocycles. The third kappa shape index (κ3) is 1.99. The van der Waals surface area contributed by atoms with Crippen LogP contribution in [0.4, 0.5) is 5.95 Å². The average molecular weight is 262 g/mol. The van der Waals surface area contributed by atoms with Crippen molar-refractivity contribution in [3.63, 3.8) is 0 Å². The summed E-state index contributed by atoms with van der Waals surface area (Å²) >= 11 is 0. The zero-order chi connectivity index (χ0) is 13.5. The summed E-state index contributed by atoms with van der Waals surface area (Å²) in [5, 5.41) is 20.5. The van der Waals surface area contributed by atoms with Crippen molar-refractivity contribution in [2.45, 2.75) is 12.5 Å². The summed E-state index contributed by atoms with van der Waals surface area (Å²) < 4.78 is 5.11. The summed E-state index contributed by atoms with van der Waals surface area (Å²) in [4.78, 5) is 10.5. The number of aliphatic hydroxyl groups is 1. The van der Waals surface area contributed by atoms with Gasteiger partial charge in [0.2, 0.25) is 11.8 Å². The Bertz CT molecular complexity index is 579. The number of nitrogens with zero attached hydrogens (tertiary/aromatic N) is 5. The summed E-state index contributed by atoms with van der Waals surface area (Å²) in [5.74, 6) is 1.06. The highest BCUT2D eigenvalue weighted by Gasteiger charge is 2.46. The van der Waals surface area contributed by atoms with E-state index >= 15 is 0 Å². The molecule has 0 atom stereocenters. The minimum absolute atomic E-state index is 0.381. The first-order valence-electron chi connectivity index (χ1n) is 5.84. The fourth-order valence-corrected chi connectivity index (χ4v) is 2.08. The minimum Gasteiger partial charge on any atom is -0.481 e. The number of nitrogens with one attached hydrogen (secondary N) is 1. The molecule has 1 fully saturated rings. The van der Waals surface area contributed by atoms with Crippen molar-refractivity contribution in [2.75, 3.05) is 25.1 Å². The van der Waals surface area contributed by atoms with Crippen LogP contribution in [-0.4, -0.2) is 50.7 Å². The highest BCUT2D eigenvalue weighted by Crippen LogP contribution is 2.32. The molecule has 1 aliphatic rings. The van der Waals surface area contributed by atoms with Crippen LogP contribution >= 0.6 is 0 Å². The molecule has 8 nitrogen and oxygen atoms in total. The van der Waals surface area contributed by atoms with Gasteiger partial charge in [0, 0.05) is 11.8 Å². The molecular weight excluding hydrogens is 248 g/mol. The zero-order valence-corrected chi connectivity index (χ0v) is 10.7. The minimum atomic E-state index is -0.993. The number of aromatic nitrogens is 5. The molecule has 0 saturated carbocycles. The smallest absolute Gasteiger partial charge is 0.229 e. The lowest BCUT2D eigenvalue weighted by atomic mass is 9.91. The molecule has 0 amide bonds. The Balaban J connectivity index is 1.79. The van der Waals surface area contributed by atoms with Gasteiger partial charge in [-0.1, -0.05) is 0 Å². The molecule has 0 aromatic carbocycles. The van der Waals surface area contributed by atoms with Gasteiger partial charge >= 0.3 is 0 Å². The van der Waals surface area contributed by atoms with Crippen LogP contribution in [0.3, 0.4) is 0 Å². The first-order chi connectivity index (χ1) is 9.10. The van der Waals surface area contributed by atoms with Gasteiger partial charge in [-0.3, -0.25) is 0 Å². The Labute approximate surface area is 109 Å². The van der Waals surface area contributed by atoms with Gasteiger partial charge in [-0.2, -0.15) is 20.4 Å². The SMILES string of the molecule is COc1cc(C)nc(N2CC(O)(c3cn[nH]n3)C2)n1. The molecule has 3 heterocycles. The molecule has 2 aromatic heterocycles. The topological polar surface area (TPSA) is 100 Å². The summed E-state index contributed by atoms with van der Waals surface area (Å²) in [6.45, 7) is 2.63. The van der Waals surface area contributed by atoms with E-state index in [1.807, 2.05) is 11.8 Å². The van der Waals surface area contributed by atoms with Gasteiger partial charge in [-0.25, -0.2) is 4.98 Å². The number of aromatic amines is 1. The molecule has 0 spiro atoms. The molecule has 2 aromatic rings. The van der Waals surface area contributed by atoms with Crippen LogP contribution in [0.25, 0.3) is 0 Å². The number of anilines is 1. The standard InChI is InChI=1S/C11H14N6O2/c1-7-3-9(19-2)14-10(13-7)17-5-11(18,6-17)8-4-12-16-15-8/h3-4,18H,5-6H2,1-2H3,(H,12,15,16). The van der Waals surface area contributed by atoms with Crippen molar-refractivity contribution in [1.29, 1.82) is 0 Å². The van der Waals surface area contributed by atoms with Crippen LogP contribution in [0.1, 0.15) is 11.4 Å². The molecule has 19 heavy (non-hydrogen) atoms. The fourth-order valence-electron chi connectivity index (χ4n) is 2.08. The Morgan fingerprint density at radius 2 is 2.21 bits per heavy atom. The van der Waals surface area contributed by atoms with Gasteiger partial charge in [0.1, 0.15) is 11.3 Å². The zero-order valence-electron chi connectivity index (χ0n) is 10.7. The lowest BCUT2D eigenvalue weighted by Gasteiger charge is -2.45. The second-order valence-electron chi connectivity index (χ2n) is 4.59. The van der Waals surface area contributed by atoms with Crippen LogP contribution in [0.2, 0.25) is 0 Å². The molecule has 0 aliphatic carbocycles. The molecule has 0 radical (unpaired) electrons. The predicted molar refractivity (Wildman–Crippen MR) is 65.8 cm³/mol. The number of methoxy groups -OCH3 is 1. The van der Waals surface area contributed by atoms with E-state index in [-0.39, 0.29) is 0 Å². The van der Waals surface area contributed by atoms with Gasteiger partial charge in [-0.05, 0) is 6.92 Å². The molecule has 1 saturated heterocycles. The third-order valence-electron chi connectivity index (χ3n) is 3.11. The molecule has 100 valence electrons. The fraction of sp³-hybridized carbons (Fsp3) is 0.455. The maximum atomic E-state index is 10.3. The normalized spacial score (nSPS) is 17.1. The Morgan fingerprint density at radius 3 is 2.84 bits per heavy atom. The van der Waals surface area contributed by atoms with Crippen molar-refractivity contribution < 1.29 is 9.84 Å². The Hall–Kier alpha value is -2.22. The second kappa shape index (κ2) is 4.16. The maximum Gasteiger partial charge on any atom is 0.229 e. The Kier molecular flexibility index (Phi) is 2.59. The third-order valence-corrected chi connectivity index (χ3v) is 3.11. The van der Waals surface area contributed by atoms with Crippen LogP contribution in [-0.2, 0) is 5.60 Å². The number of β-amino-alcohol motifs (C(OH)–C–C–N with tert-alkyl or cyclic N) is 1. The van der Waals surface area contributed by atoms with Crippen LogP contribution in [0.15, 0.2) is 12.3 Å². The summed E-state index contributed by atoms with van der Waals surface area (Å²) in [7, 11) is 1.56.